The van der Waals surface area contributed by atoms with Crippen molar-refractivity contribution in [1.82, 2.24) is 15.6 Å². The molecule has 2 aromatic rings. The second-order valence-electron chi connectivity index (χ2n) is 9.45. The van der Waals surface area contributed by atoms with Crippen LogP contribution in [-0.2, 0) is 19.7 Å². The van der Waals surface area contributed by atoms with E-state index in [4.69, 9.17) is 4.74 Å². The fourth-order valence-corrected chi connectivity index (χ4v) is 5.46. The van der Waals surface area contributed by atoms with Crippen molar-refractivity contribution in [3.63, 3.8) is 0 Å². The number of aryl methyl sites for hydroxylation is 1. The Morgan fingerprint density at radius 2 is 1.91 bits per heavy atom. The largest absolute Gasteiger partial charge is 0.381 e. The monoisotopic (exact) mass is 467 g/mol. The summed E-state index contributed by atoms with van der Waals surface area (Å²) in [5, 5.41) is 16.1. The van der Waals surface area contributed by atoms with Crippen LogP contribution in [0.5, 0.6) is 0 Å². The lowest BCUT2D eigenvalue weighted by atomic mass is 9.75. The third-order valence-electron chi connectivity index (χ3n) is 7.39. The van der Waals surface area contributed by atoms with Crippen LogP contribution in [0.4, 0.5) is 11.4 Å². The molecule has 1 saturated heterocycles. The zero-order valence-electron chi connectivity index (χ0n) is 19.2. The topological polar surface area (TPSA) is 135 Å². The van der Waals surface area contributed by atoms with Crippen LogP contribution in [0.1, 0.15) is 66.7 Å². The zero-order valence-corrected chi connectivity index (χ0v) is 19.2. The molecule has 1 aromatic carbocycles. The van der Waals surface area contributed by atoms with Crippen LogP contribution in [-0.4, -0.2) is 47.3 Å². The average Bonchev–Trinajstić information content (AvgIpc) is 3.39. The number of fused-ring (bicyclic) bond motifs is 2. The smallest absolute Gasteiger partial charge is 0.276 e. The highest BCUT2D eigenvalue weighted by Crippen LogP contribution is 2.45. The number of hydrogen-bond donors (Lipinski definition) is 3. The van der Waals surface area contributed by atoms with Gasteiger partial charge in [0.15, 0.2) is 5.69 Å². The Labute approximate surface area is 197 Å². The first-order valence-corrected chi connectivity index (χ1v) is 11.9. The van der Waals surface area contributed by atoms with Crippen molar-refractivity contribution >= 4 is 29.1 Å². The Bertz CT molecular complexity index is 1100. The summed E-state index contributed by atoms with van der Waals surface area (Å²) in [5.74, 6) is -0.762. The van der Waals surface area contributed by atoms with Crippen molar-refractivity contribution in [2.75, 3.05) is 23.8 Å². The summed E-state index contributed by atoms with van der Waals surface area (Å²) in [6.45, 7) is 2.73. The Morgan fingerprint density at radius 3 is 2.62 bits per heavy atom. The van der Waals surface area contributed by atoms with Crippen LogP contribution in [0.25, 0.3) is 0 Å². The van der Waals surface area contributed by atoms with Crippen molar-refractivity contribution < 1.29 is 23.7 Å². The molecule has 10 nitrogen and oxygen atoms in total. The predicted octanol–water partition coefficient (Wildman–Crippen LogP) is 2.70. The molecule has 1 saturated carbocycles. The van der Waals surface area contributed by atoms with Crippen LogP contribution < -0.4 is 16.0 Å². The molecule has 3 amide bonds. The number of rotatable bonds is 5. The molecule has 2 fully saturated rings. The van der Waals surface area contributed by atoms with Crippen LogP contribution in [0.2, 0.25) is 0 Å². The van der Waals surface area contributed by atoms with Crippen molar-refractivity contribution in [3.8, 4) is 0 Å². The summed E-state index contributed by atoms with van der Waals surface area (Å²) in [6, 6.07) is 4.81. The van der Waals surface area contributed by atoms with Gasteiger partial charge in [-0.3, -0.25) is 14.4 Å². The zero-order chi connectivity index (χ0) is 23.7. The lowest BCUT2D eigenvalue weighted by Gasteiger charge is -2.31. The molecular formula is C24H29N5O5. The number of carbonyl (C=O) groups is 3. The molecule has 10 heteroatoms. The highest BCUT2D eigenvalue weighted by atomic mass is 16.6. The lowest BCUT2D eigenvalue weighted by Crippen LogP contribution is -2.49. The van der Waals surface area contributed by atoms with Crippen LogP contribution >= 0.6 is 0 Å². The van der Waals surface area contributed by atoms with E-state index in [2.05, 4.69) is 30.9 Å². The van der Waals surface area contributed by atoms with E-state index in [0.717, 1.165) is 37.7 Å². The lowest BCUT2D eigenvalue weighted by molar-refractivity contribution is -0.124. The van der Waals surface area contributed by atoms with Gasteiger partial charge in [-0.1, -0.05) is 30.5 Å². The maximum atomic E-state index is 13.4. The summed E-state index contributed by atoms with van der Waals surface area (Å²) in [7, 11) is 0. The molecule has 34 heavy (non-hydrogen) atoms. The number of nitrogens with one attached hydrogen (secondary N) is 3. The SMILES string of the molecule is Cc1nonc1C(=O)N[C@H](C(=O)Nc1ccc2c(c1)NC(=O)C21CCOCC1)C1CCCCC1. The minimum atomic E-state index is -0.714. The molecule has 3 aliphatic rings. The molecular weight excluding hydrogens is 438 g/mol. The van der Waals surface area contributed by atoms with Gasteiger partial charge in [-0.15, -0.1) is 0 Å². The number of aromatic nitrogens is 2. The minimum absolute atomic E-state index is 0.0155. The quantitative estimate of drug-likeness (QED) is 0.615. The van der Waals surface area contributed by atoms with Crippen molar-refractivity contribution in [2.45, 2.75) is 63.3 Å². The Balaban J connectivity index is 1.35. The van der Waals surface area contributed by atoms with Gasteiger partial charge in [0.1, 0.15) is 11.7 Å². The fourth-order valence-electron chi connectivity index (χ4n) is 5.46. The molecule has 0 unspecified atom stereocenters. The van der Waals surface area contributed by atoms with E-state index in [1.165, 1.54) is 0 Å². The third-order valence-corrected chi connectivity index (χ3v) is 7.39. The van der Waals surface area contributed by atoms with Gasteiger partial charge in [-0.2, -0.15) is 0 Å². The molecule has 1 aromatic heterocycles. The van der Waals surface area contributed by atoms with E-state index in [1.807, 2.05) is 12.1 Å². The van der Waals surface area contributed by atoms with Gasteiger partial charge in [0.2, 0.25) is 11.8 Å². The summed E-state index contributed by atoms with van der Waals surface area (Å²) < 4.78 is 10.1. The molecule has 0 radical (unpaired) electrons. The Kier molecular flexibility index (Phi) is 6.07. The van der Waals surface area contributed by atoms with E-state index in [1.54, 1.807) is 13.0 Å². The van der Waals surface area contributed by atoms with Crippen molar-refractivity contribution in [2.24, 2.45) is 5.92 Å². The second-order valence-corrected chi connectivity index (χ2v) is 9.45. The van der Waals surface area contributed by atoms with Crippen LogP contribution in [0.3, 0.4) is 0 Å². The number of carbonyl (C=O) groups excluding carboxylic acids is 3. The van der Waals surface area contributed by atoms with Crippen molar-refractivity contribution in [1.29, 1.82) is 0 Å². The number of benzene rings is 1. The van der Waals surface area contributed by atoms with Gasteiger partial charge in [0.25, 0.3) is 5.91 Å². The summed E-state index contributed by atoms with van der Waals surface area (Å²) >= 11 is 0. The van der Waals surface area contributed by atoms with E-state index in [9.17, 15) is 14.4 Å². The van der Waals surface area contributed by atoms with Gasteiger partial charge in [0.05, 0.1) is 5.41 Å². The highest BCUT2D eigenvalue weighted by Gasteiger charge is 2.47. The minimum Gasteiger partial charge on any atom is -0.381 e. The van der Waals surface area contributed by atoms with E-state index in [0.29, 0.717) is 43.1 Å². The maximum absolute atomic E-state index is 13.4. The first kappa shape index (κ1) is 22.5. The number of amides is 3. The summed E-state index contributed by atoms with van der Waals surface area (Å²) in [5.41, 5.74) is 2.13. The number of ether oxygens (including phenoxy) is 1. The molecule has 1 aliphatic carbocycles. The van der Waals surface area contributed by atoms with E-state index < -0.39 is 17.4 Å². The van der Waals surface area contributed by atoms with Gasteiger partial charge < -0.3 is 20.7 Å². The van der Waals surface area contributed by atoms with Crippen molar-refractivity contribution in [3.05, 3.63) is 35.2 Å². The maximum Gasteiger partial charge on any atom is 0.276 e. The van der Waals surface area contributed by atoms with E-state index >= 15 is 0 Å². The summed E-state index contributed by atoms with van der Waals surface area (Å²) in [6.07, 6.45) is 6.17. The highest BCUT2D eigenvalue weighted by molar-refractivity contribution is 6.07. The third kappa shape index (κ3) is 4.06. The molecule has 2 aliphatic heterocycles. The van der Waals surface area contributed by atoms with Crippen LogP contribution in [0.15, 0.2) is 22.8 Å². The number of nitrogens with zero attached hydrogens (tertiary/aromatic N) is 2. The fraction of sp³-hybridized carbons (Fsp3) is 0.542. The first-order valence-electron chi connectivity index (χ1n) is 11.9. The molecule has 1 atom stereocenters. The Hall–Kier alpha value is -3.27. The standard InChI is InChI=1S/C24H29N5O5/c1-14-19(29-34-28-14)21(30)27-20(15-5-3-2-4-6-15)22(31)25-16-7-8-17-18(13-16)26-23(32)24(17)9-11-33-12-10-24/h7-8,13,15,20H,2-6,9-12H2,1H3,(H,25,31)(H,26,32)(H,27,30)/t20-/m0/s1. The van der Waals surface area contributed by atoms with Gasteiger partial charge in [-0.25, -0.2) is 4.63 Å². The van der Waals surface area contributed by atoms with E-state index in [-0.39, 0.29) is 23.4 Å². The second kappa shape index (κ2) is 9.17. The molecule has 0 bridgehead atoms. The van der Waals surface area contributed by atoms with Gasteiger partial charge >= 0.3 is 0 Å². The molecule has 5 rings (SSSR count). The summed E-state index contributed by atoms with van der Waals surface area (Å²) in [4.78, 5) is 39.0. The number of anilines is 2. The number of hydrogen-bond acceptors (Lipinski definition) is 7. The normalized spacial score (nSPS) is 20.4. The van der Waals surface area contributed by atoms with Gasteiger partial charge in [0, 0.05) is 24.6 Å². The Morgan fingerprint density at radius 1 is 1.15 bits per heavy atom. The van der Waals surface area contributed by atoms with Crippen LogP contribution in [0, 0.1) is 12.8 Å². The first-order chi connectivity index (χ1) is 16.5. The molecule has 3 N–H and O–H groups in total. The molecule has 3 heterocycles. The molecule has 1 spiro atoms. The molecule has 180 valence electrons. The average molecular weight is 468 g/mol. The predicted molar refractivity (Wildman–Crippen MR) is 122 cm³/mol. The van der Waals surface area contributed by atoms with Gasteiger partial charge in [-0.05, 0) is 61.4 Å².